The van der Waals surface area contributed by atoms with Gasteiger partial charge in [-0.1, -0.05) is 0 Å². The molecule has 0 amide bonds. The number of aromatic hydroxyl groups is 1. The zero-order chi connectivity index (χ0) is 18.0. The maximum atomic E-state index is 11.6. The van der Waals surface area contributed by atoms with Gasteiger partial charge in [0.15, 0.2) is 5.76 Å². The minimum Gasteiger partial charge on any atom is -0.502 e. The molecule has 8 heteroatoms. The topological polar surface area (TPSA) is 100 Å². The van der Waals surface area contributed by atoms with Gasteiger partial charge in [0.05, 0.1) is 11.5 Å². The van der Waals surface area contributed by atoms with Crippen LogP contribution in [-0.4, -0.2) is 41.1 Å². The van der Waals surface area contributed by atoms with E-state index in [1.54, 1.807) is 19.1 Å². The third-order valence-corrected chi connectivity index (χ3v) is 4.28. The smallest absolute Gasteiger partial charge is 0.269 e. The van der Waals surface area contributed by atoms with Gasteiger partial charge in [0.1, 0.15) is 5.76 Å². The molecule has 0 bridgehead atoms. The molecule has 1 N–H and O–H groups in total. The molecule has 132 valence electrons. The van der Waals surface area contributed by atoms with Crippen LogP contribution in [0.25, 0.3) is 0 Å². The summed E-state index contributed by atoms with van der Waals surface area (Å²) in [6.07, 6.45) is 0. The molecule has 1 saturated heterocycles. The molecule has 2 heterocycles. The largest absolute Gasteiger partial charge is 0.502 e. The first-order valence-electron chi connectivity index (χ1n) is 7.98. The van der Waals surface area contributed by atoms with E-state index in [2.05, 4.69) is 9.80 Å². The molecule has 8 nitrogen and oxygen atoms in total. The number of non-ortho nitro benzene ring substituents is 1. The molecule has 0 radical (unpaired) electrons. The van der Waals surface area contributed by atoms with Crippen LogP contribution < -0.4 is 10.3 Å². The van der Waals surface area contributed by atoms with Crippen molar-refractivity contribution in [2.45, 2.75) is 13.5 Å². The van der Waals surface area contributed by atoms with Crippen LogP contribution in [0.5, 0.6) is 5.75 Å². The van der Waals surface area contributed by atoms with Crippen LogP contribution in [0.4, 0.5) is 11.4 Å². The summed E-state index contributed by atoms with van der Waals surface area (Å²) >= 11 is 0. The van der Waals surface area contributed by atoms with Crippen molar-refractivity contribution in [3.63, 3.8) is 0 Å². The molecular formula is C17H19N3O5. The summed E-state index contributed by atoms with van der Waals surface area (Å²) in [6.45, 7) is 5.00. The second-order valence-corrected chi connectivity index (χ2v) is 6.03. The van der Waals surface area contributed by atoms with Crippen molar-refractivity contribution < 1.29 is 14.4 Å². The number of piperazine rings is 1. The molecule has 1 aliphatic heterocycles. The second-order valence-electron chi connectivity index (χ2n) is 6.03. The highest BCUT2D eigenvalue weighted by molar-refractivity contribution is 5.51. The molecule has 1 aromatic carbocycles. The molecule has 0 atom stereocenters. The van der Waals surface area contributed by atoms with Crippen LogP contribution in [0.1, 0.15) is 11.5 Å². The van der Waals surface area contributed by atoms with E-state index >= 15 is 0 Å². The van der Waals surface area contributed by atoms with Crippen molar-refractivity contribution in [2.75, 3.05) is 31.1 Å². The van der Waals surface area contributed by atoms with Crippen LogP contribution in [0, 0.1) is 17.0 Å². The molecular weight excluding hydrogens is 326 g/mol. The first-order chi connectivity index (χ1) is 11.9. The highest BCUT2D eigenvalue weighted by atomic mass is 16.6. The quantitative estimate of drug-likeness (QED) is 0.667. The Kier molecular flexibility index (Phi) is 4.71. The van der Waals surface area contributed by atoms with Gasteiger partial charge >= 0.3 is 0 Å². The number of nitrogens with zero attached hydrogens (tertiary/aromatic N) is 3. The van der Waals surface area contributed by atoms with E-state index in [1.165, 1.54) is 18.2 Å². The van der Waals surface area contributed by atoms with Crippen LogP contribution in [0.3, 0.4) is 0 Å². The van der Waals surface area contributed by atoms with Gasteiger partial charge in [-0.05, 0) is 19.1 Å². The standard InChI is InChI=1S/C17H19N3O5/c1-12-10-15(21)17(22)16(25-12)11-18-6-8-19(9-7-18)13-2-4-14(5-3-13)20(23)24/h2-5,10,22H,6-9,11H2,1H3. The number of benzene rings is 1. The predicted molar refractivity (Wildman–Crippen MR) is 92.0 cm³/mol. The maximum Gasteiger partial charge on any atom is 0.269 e. The Morgan fingerprint density at radius 1 is 1.20 bits per heavy atom. The van der Waals surface area contributed by atoms with E-state index < -0.39 is 10.4 Å². The normalized spacial score (nSPS) is 15.3. The molecule has 2 aromatic rings. The Balaban J connectivity index is 1.62. The lowest BCUT2D eigenvalue weighted by atomic mass is 10.2. The molecule has 3 rings (SSSR count). The van der Waals surface area contributed by atoms with Crippen molar-refractivity contribution in [1.29, 1.82) is 0 Å². The number of nitro groups is 1. The van der Waals surface area contributed by atoms with Crippen LogP contribution in [-0.2, 0) is 6.54 Å². The SMILES string of the molecule is Cc1cc(=O)c(O)c(CN2CCN(c3ccc([N+](=O)[O-])cc3)CC2)o1. The zero-order valence-electron chi connectivity index (χ0n) is 13.8. The lowest BCUT2D eigenvalue weighted by Gasteiger charge is -2.35. The summed E-state index contributed by atoms with van der Waals surface area (Å²) in [7, 11) is 0. The molecule has 0 aliphatic carbocycles. The van der Waals surface area contributed by atoms with Crippen molar-refractivity contribution >= 4 is 11.4 Å². The van der Waals surface area contributed by atoms with Gasteiger partial charge in [-0.15, -0.1) is 0 Å². The summed E-state index contributed by atoms with van der Waals surface area (Å²) < 4.78 is 5.47. The third kappa shape index (κ3) is 3.80. The van der Waals surface area contributed by atoms with E-state index in [-0.39, 0.29) is 17.2 Å². The number of anilines is 1. The van der Waals surface area contributed by atoms with E-state index in [0.717, 1.165) is 31.9 Å². The fourth-order valence-electron chi connectivity index (χ4n) is 2.92. The average Bonchev–Trinajstić information content (AvgIpc) is 2.60. The first kappa shape index (κ1) is 17.0. The van der Waals surface area contributed by atoms with Crippen LogP contribution in [0.15, 0.2) is 39.5 Å². The molecule has 0 unspecified atom stereocenters. The van der Waals surface area contributed by atoms with Gasteiger partial charge in [-0.2, -0.15) is 0 Å². The highest BCUT2D eigenvalue weighted by Gasteiger charge is 2.20. The second kappa shape index (κ2) is 6.94. The van der Waals surface area contributed by atoms with E-state index in [4.69, 9.17) is 4.42 Å². The monoisotopic (exact) mass is 345 g/mol. The lowest BCUT2D eigenvalue weighted by Crippen LogP contribution is -2.46. The van der Waals surface area contributed by atoms with Crippen molar-refractivity contribution in [2.24, 2.45) is 0 Å². The minimum atomic E-state index is -0.428. The molecule has 25 heavy (non-hydrogen) atoms. The fourth-order valence-corrected chi connectivity index (χ4v) is 2.92. The summed E-state index contributed by atoms with van der Waals surface area (Å²) in [5, 5.41) is 20.6. The number of hydrogen-bond acceptors (Lipinski definition) is 7. The Morgan fingerprint density at radius 3 is 2.44 bits per heavy atom. The van der Waals surface area contributed by atoms with Crippen LogP contribution >= 0.6 is 0 Å². The summed E-state index contributed by atoms with van der Waals surface area (Å²) in [6, 6.07) is 7.77. The summed E-state index contributed by atoms with van der Waals surface area (Å²) in [5.41, 5.74) is 0.589. The van der Waals surface area contributed by atoms with Crippen molar-refractivity contribution in [1.82, 2.24) is 4.90 Å². The number of aryl methyl sites for hydroxylation is 1. The predicted octanol–water partition coefficient (Wildman–Crippen LogP) is 1.88. The Hall–Kier alpha value is -2.87. The summed E-state index contributed by atoms with van der Waals surface area (Å²) in [4.78, 5) is 26.2. The van der Waals surface area contributed by atoms with Gasteiger partial charge < -0.3 is 14.4 Å². The van der Waals surface area contributed by atoms with Gasteiger partial charge in [-0.3, -0.25) is 19.8 Å². The van der Waals surface area contributed by atoms with Gasteiger partial charge in [0, 0.05) is 50.1 Å². The third-order valence-electron chi connectivity index (χ3n) is 4.28. The van der Waals surface area contributed by atoms with Crippen molar-refractivity contribution in [3.05, 3.63) is 62.2 Å². The molecule has 1 fully saturated rings. The number of hydrogen-bond donors (Lipinski definition) is 1. The van der Waals surface area contributed by atoms with Gasteiger partial charge in [0.25, 0.3) is 5.69 Å². The fraction of sp³-hybridized carbons (Fsp3) is 0.353. The van der Waals surface area contributed by atoms with E-state index in [9.17, 15) is 20.0 Å². The van der Waals surface area contributed by atoms with E-state index in [0.29, 0.717) is 12.3 Å². The Morgan fingerprint density at radius 2 is 1.84 bits per heavy atom. The number of nitro benzene ring substituents is 1. The van der Waals surface area contributed by atoms with Gasteiger partial charge in [0.2, 0.25) is 11.2 Å². The maximum absolute atomic E-state index is 11.6. The first-order valence-corrected chi connectivity index (χ1v) is 7.98. The van der Waals surface area contributed by atoms with Crippen LogP contribution in [0.2, 0.25) is 0 Å². The Labute approximate surface area is 144 Å². The molecule has 1 aliphatic rings. The van der Waals surface area contributed by atoms with E-state index in [1.807, 2.05) is 0 Å². The van der Waals surface area contributed by atoms with Gasteiger partial charge in [-0.25, -0.2) is 0 Å². The highest BCUT2D eigenvalue weighted by Crippen LogP contribution is 2.22. The number of rotatable bonds is 4. The molecule has 0 saturated carbocycles. The lowest BCUT2D eigenvalue weighted by molar-refractivity contribution is -0.384. The minimum absolute atomic E-state index is 0.0762. The van der Waals surface area contributed by atoms with Crippen molar-refractivity contribution in [3.8, 4) is 5.75 Å². The Bertz CT molecular complexity index is 823. The zero-order valence-corrected chi connectivity index (χ0v) is 13.8. The summed E-state index contributed by atoms with van der Waals surface area (Å²) in [5.74, 6) is 0.430. The molecule has 1 aromatic heterocycles. The average molecular weight is 345 g/mol. The molecule has 0 spiro atoms.